The Morgan fingerprint density at radius 3 is 2.71 bits per heavy atom. The number of ether oxygens (including phenoxy) is 2. The molecule has 1 amide bonds. The molecule has 0 unspecified atom stereocenters. The third-order valence-corrected chi connectivity index (χ3v) is 2.88. The predicted molar refractivity (Wildman–Crippen MR) is 71.9 cm³/mol. The van der Waals surface area contributed by atoms with Gasteiger partial charge >= 0.3 is 5.97 Å². The van der Waals surface area contributed by atoms with Crippen LogP contribution in [0, 0.1) is 5.82 Å². The van der Waals surface area contributed by atoms with Gasteiger partial charge in [0, 0.05) is 6.07 Å². The van der Waals surface area contributed by atoms with E-state index in [-0.39, 0.29) is 23.8 Å². The number of benzene rings is 2. The minimum atomic E-state index is -0.602. The lowest BCUT2D eigenvalue weighted by atomic mass is 10.2. The molecule has 0 spiro atoms. The summed E-state index contributed by atoms with van der Waals surface area (Å²) in [6.45, 7) is -0.0810. The highest BCUT2D eigenvalue weighted by Gasteiger charge is 2.17. The van der Waals surface area contributed by atoms with Crippen molar-refractivity contribution >= 4 is 17.6 Å². The van der Waals surface area contributed by atoms with E-state index in [0.29, 0.717) is 11.4 Å². The van der Waals surface area contributed by atoms with E-state index in [1.165, 1.54) is 36.4 Å². The molecule has 1 aliphatic rings. The molecule has 3 rings (SSSR count). The van der Waals surface area contributed by atoms with Gasteiger partial charge in [-0.05, 0) is 36.4 Å². The van der Waals surface area contributed by atoms with Gasteiger partial charge in [0.15, 0.2) is 6.61 Å². The summed E-state index contributed by atoms with van der Waals surface area (Å²) >= 11 is 0. The number of rotatable bonds is 2. The average molecular weight is 287 g/mol. The molecule has 0 bridgehead atoms. The van der Waals surface area contributed by atoms with Crippen LogP contribution in [-0.2, 0) is 4.79 Å². The lowest BCUT2D eigenvalue weighted by Crippen LogP contribution is -2.25. The quantitative estimate of drug-likeness (QED) is 0.680. The third-order valence-electron chi connectivity index (χ3n) is 2.88. The van der Waals surface area contributed by atoms with Crippen LogP contribution in [0.4, 0.5) is 10.1 Å². The number of fused-ring (bicyclic) bond motifs is 1. The molecule has 5 nitrogen and oxygen atoms in total. The normalized spacial score (nSPS) is 12.9. The second-order valence-corrected chi connectivity index (χ2v) is 4.39. The standard InChI is InChI=1S/C15H10FNO4/c16-10-3-1-9(2-4-10)15(19)21-11-5-6-12-13(7-11)20-8-14(18)17-12/h1-7H,8H2,(H,17,18). The first kappa shape index (κ1) is 13.1. The van der Waals surface area contributed by atoms with Crippen LogP contribution >= 0.6 is 0 Å². The van der Waals surface area contributed by atoms with Gasteiger partial charge in [-0.3, -0.25) is 4.79 Å². The Hall–Kier alpha value is -2.89. The van der Waals surface area contributed by atoms with Gasteiger partial charge in [0.1, 0.15) is 17.3 Å². The Bertz CT molecular complexity index is 712. The van der Waals surface area contributed by atoms with Crippen LogP contribution in [-0.4, -0.2) is 18.5 Å². The molecule has 106 valence electrons. The molecular weight excluding hydrogens is 277 g/mol. The summed E-state index contributed by atoms with van der Waals surface area (Å²) < 4.78 is 23.2. The second-order valence-electron chi connectivity index (χ2n) is 4.39. The summed E-state index contributed by atoms with van der Waals surface area (Å²) in [7, 11) is 0. The van der Waals surface area contributed by atoms with E-state index < -0.39 is 11.8 Å². The number of esters is 1. The van der Waals surface area contributed by atoms with Crippen LogP contribution < -0.4 is 14.8 Å². The van der Waals surface area contributed by atoms with Crippen LogP contribution in [0.1, 0.15) is 10.4 Å². The maximum absolute atomic E-state index is 12.8. The molecule has 0 radical (unpaired) electrons. The largest absolute Gasteiger partial charge is 0.481 e. The van der Waals surface area contributed by atoms with Gasteiger partial charge in [0.05, 0.1) is 11.3 Å². The Labute approximate surface area is 119 Å². The maximum Gasteiger partial charge on any atom is 0.343 e. The fraction of sp³-hybridized carbons (Fsp3) is 0.0667. The minimum absolute atomic E-state index is 0.0810. The van der Waals surface area contributed by atoms with Gasteiger partial charge in [0.25, 0.3) is 5.91 Å². The number of hydrogen-bond acceptors (Lipinski definition) is 4. The fourth-order valence-electron chi connectivity index (χ4n) is 1.87. The van der Waals surface area contributed by atoms with Crippen molar-refractivity contribution in [2.24, 2.45) is 0 Å². The Morgan fingerprint density at radius 1 is 1.19 bits per heavy atom. The summed E-state index contributed by atoms with van der Waals surface area (Å²) in [5, 5.41) is 2.63. The number of nitrogens with one attached hydrogen (secondary N) is 1. The molecule has 21 heavy (non-hydrogen) atoms. The predicted octanol–water partition coefficient (Wildman–Crippen LogP) is 2.38. The van der Waals surface area contributed by atoms with Crippen molar-refractivity contribution in [1.29, 1.82) is 0 Å². The Kier molecular flexibility index (Phi) is 3.27. The van der Waals surface area contributed by atoms with E-state index in [1.807, 2.05) is 0 Å². The van der Waals surface area contributed by atoms with Crippen LogP contribution in [0.5, 0.6) is 11.5 Å². The molecule has 0 saturated carbocycles. The average Bonchev–Trinajstić information content (AvgIpc) is 2.48. The zero-order valence-corrected chi connectivity index (χ0v) is 10.8. The first-order valence-electron chi connectivity index (χ1n) is 6.16. The number of halogens is 1. The highest BCUT2D eigenvalue weighted by Crippen LogP contribution is 2.31. The smallest absolute Gasteiger partial charge is 0.343 e. The molecule has 0 aromatic heterocycles. The van der Waals surface area contributed by atoms with Crippen LogP contribution in [0.2, 0.25) is 0 Å². The lowest BCUT2D eigenvalue weighted by molar-refractivity contribution is -0.118. The van der Waals surface area contributed by atoms with Gasteiger partial charge in [-0.25, -0.2) is 9.18 Å². The summed E-state index contributed by atoms with van der Waals surface area (Å²) in [5.74, 6) is -0.559. The maximum atomic E-state index is 12.8. The van der Waals surface area contributed by atoms with Crippen molar-refractivity contribution in [1.82, 2.24) is 0 Å². The fourth-order valence-corrected chi connectivity index (χ4v) is 1.87. The van der Waals surface area contributed by atoms with Crippen molar-refractivity contribution in [3.05, 3.63) is 53.8 Å². The molecule has 0 aliphatic carbocycles. The zero-order valence-electron chi connectivity index (χ0n) is 10.8. The van der Waals surface area contributed by atoms with E-state index in [1.54, 1.807) is 6.07 Å². The lowest BCUT2D eigenvalue weighted by Gasteiger charge is -2.18. The highest BCUT2D eigenvalue weighted by atomic mass is 19.1. The van der Waals surface area contributed by atoms with E-state index in [9.17, 15) is 14.0 Å². The van der Waals surface area contributed by atoms with Gasteiger partial charge in [0.2, 0.25) is 0 Å². The highest BCUT2D eigenvalue weighted by molar-refractivity contribution is 5.96. The van der Waals surface area contributed by atoms with Crippen molar-refractivity contribution in [2.45, 2.75) is 0 Å². The number of hydrogen-bond donors (Lipinski definition) is 1. The van der Waals surface area contributed by atoms with E-state index in [4.69, 9.17) is 9.47 Å². The van der Waals surface area contributed by atoms with Gasteiger partial charge < -0.3 is 14.8 Å². The topological polar surface area (TPSA) is 64.6 Å². The molecule has 0 saturated heterocycles. The number of amides is 1. The summed E-state index contributed by atoms with van der Waals surface area (Å²) in [4.78, 5) is 23.0. The summed E-state index contributed by atoms with van der Waals surface area (Å²) in [6, 6.07) is 9.68. The van der Waals surface area contributed by atoms with E-state index >= 15 is 0 Å². The summed E-state index contributed by atoms with van der Waals surface area (Å²) in [5.41, 5.74) is 0.760. The van der Waals surface area contributed by atoms with Crippen LogP contribution in [0.3, 0.4) is 0 Å². The van der Waals surface area contributed by atoms with Gasteiger partial charge in [-0.2, -0.15) is 0 Å². The second kappa shape index (κ2) is 5.24. The SMILES string of the molecule is O=C1COc2cc(OC(=O)c3ccc(F)cc3)ccc2N1. The molecule has 1 N–H and O–H groups in total. The molecule has 1 heterocycles. The van der Waals surface area contributed by atoms with Gasteiger partial charge in [-0.1, -0.05) is 0 Å². The van der Waals surface area contributed by atoms with E-state index in [2.05, 4.69) is 5.32 Å². The number of anilines is 1. The first-order chi connectivity index (χ1) is 10.1. The van der Waals surface area contributed by atoms with Crippen molar-refractivity contribution in [3.63, 3.8) is 0 Å². The number of carbonyl (C=O) groups excluding carboxylic acids is 2. The van der Waals surface area contributed by atoms with E-state index in [0.717, 1.165) is 0 Å². The van der Waals surface area contributed by atoms with Crippen molar-refractivity contribution in [2.75, 3.05) is 11.9 Å². The van der Waals surface area contributed by atoms with Crippen molar-refractivity contribution in [3.8, 4) is 11.5 Å². The molecular formula is C15H10FNO4. The molecule has 0 atom stereocenters. The number of carbonyl (C=O) groups is 2. The molecule has 1 aliphatic heterocycles. The molecule has 0 fully saturated rings. The summed E-state index contributed by atoms with van der Waals surface area (Å²) in [6.07, 6.45) is 0. The van der Waals surface area contributed by atoms with Crippen LogP contribution in [0.15, 0.2) is 42.5 Å². The molecule has 2 aromatic rings. The van der Waals surface area contributed by atoms with Crippen LogP contribution in [0.25, 0.3) is 0 Å². The molecule has 6 heteroatoms. The molecule has 2 aromatic carbocycles. The Balaban J connectivity index is 1.77. The minimum Gasteiger partial charge on any atom is -0.481 e. The third kappa shape index (κ3) is 2.84. The zero-order chi connectivity index (χ0) is 14.8. The van der Waals surface area contributed by atoms with Crippen molar-refractivity contribution < 1.29 is 23.5 Å². The van der Waals surface area contributed by atoms with Gasteiger partial charge in [-0.15, -0.1) is 0 Å². The monoisotopic (exact) mass is 287 g/mol. The first-order valence-corrected chi connectivity index (χ1v) is 6.16. The Morgan fingerprint density at radius 2 is 1.95 bits per heavy atom.